The van der Waals surface area contributed by atoms with Crippen LogP contribution in [0.25, 0.3) is 6.08 Å². The highest BCUT2D eigenvalue weighted by atomic mass is 35.5. The number of esters is 2. The molecule has 0 N–H and O–H groups in total. The first-order valence-electron chi connectivity index (χ1n) is 6.75. The maximum absolute atomic E-state index is 12.1. The van der Waals surface area contributed by atoms with Crippen molar-refractivity contribution < 1.29 is 23.9 Å². The molecule has 0 aromatic heterocycles. The average Bonchev–Trinajstić information content (AvgIpc) is 2.45. The molecule has 23 heavy (non-hydrogen) atoms. The Labute approximate surface area is 144 Å². The molecule has 0 aliphatic heterocycles. The molecule has 124 valence electrons. The molecule has 1 aromatic rings. The standard InChI is InChI=1S/C16H16Cl2O5/c1-9(2)23-16(21)12(14(20)8-22-10(3)19)7-11-5-4-6-13(17)15(11)18/h4-7,9H,8H2,1-3H3/b12-7-. The van der Waals surface area contributed by atoms with Crippen LogP contribution < -0.4 is 0 Å². The summed E-state index contributed by atoms with van der Waals surface area (Å²) in [6, 6.07) is 4.80. The molecule has 0 spiro atoms. The predicted octanol–water partition coefficient (Wildman–Crippen LogP) is 3.46. The third kappa shape index (κ3) is 6.04. The van der Waals surface area contributed by atoms with Gasteiger partial charge in [-0.25, -0.2) is 4.79 Å². The molecule has 0 atom stereocenters. The molecule has 0 saturated carbocycles. The lowest BCUT2D eigenvalue weighted by Crippen LogP contribution is -2.23. The monoisotopic (exact) mass is 358 g/mol. The van der Waals surface area contributed by atoms with Crippen molar-refractivity contribution in [3.8, 4) is 0 Å². The Morgan fingerprint density at radius 3 is 2.43 bits per heavy atom. The number of Topliss-reactive ketones (excluding diaryl/α,β-unsaturated/α-hetero) is 1. The van der Waals surface area contributed by atoms with Gasteiger partial charge in [0.1, 0.15) is 5.57 Å². The van der Waals surface area contributed by atoms with Crippen LogP contribution in [-0.2, 0) is 23.9 Å². The molecule has 1 aromatic carbocycles. The van der Waals surface area contributed by atoms with Gasteiger partial charge in [0.2, 0.25) is 5.78 Å². The lowest BCUT2D eigenvalue weighted by atomic mass is 10.1. The topological polar surface area (TPSA) is 69.7 Å². The van der Waals surface area contributed by atoms with Crippen molar-refractivity contribution in [2.75, 3.05) is 6.61 Å². The Morgan fingerprint density at radius 1 is 1.22 bits per heavy atom. The van der Waals surface area contributed by atoms with Gasteiger partial charge >= 0.3 is 11.9 Å². The zero-order chi connectivity index (χ0) is 17.6. The van der Waals surface area contributed by atoms with E-state index in [0.29, 0.717) is 5.56 Å². The van der Waals surface area contributed by atoms with Gasteiger partial charge in [0.25, 0.3) is 0 Å². The van der Waals surface area contributed by atoms with Gasteiger partial charge in [0.05, 0.1) is 16.1 Å². The third-order valence-electron chi connectivity index (χ3n) is 2.55. The van der Waals surface area contributed by atoms with Crippen molar-refractivity contribution in [2.24, 2.45) is 0 Å². The molecule has 0 saturated heterocycles. The van der Waals surface area contributed by atoms with Crippen LogP contribution >= 0.6 is 23.2 Å². The molecule has 1 rings (SSSR count). The molecule has 0 heterocycles. The van der Waals surface area contributed by atoms with E-state index >= 15 is 0 Å². The highest BCUT2D eigenvalue weighted by molar-refractivity contribution is 6.43. The van der Waals surface area contributed by atoms with Crippen LogP contribution in [0.1, 0.15) is 26.3 Å². The second-order valence-corrected chi connectivity index (χ2v) is 5.64. The first-order chi connectivity index (χ1) is 10.7. The summed E-state index contributed by atoms with van der Waals surface area (Å²) in [4.78, 5) is 35.1. The van der Waals surface area contributed by atoms with Gasteiger partial charge < -0.3 is 9.47 Å². The minimum Gasteiger partial charge on any atom is -0.459 e. The van der Waals surface area contributed by atoms with Gasteiger partial charge in [-0.2, -0.15) is 0 Å². The summed E-state index contributed by atoms with van der Waals surface area (Å²) in [5, 5.41) is 0.480. The smallest absolute Gasteiger partial charge is 0.342 e. The normalized spacial score (nSPS) is 11.3. The number of hydrogen-bond acceptors (Lipinski definition) is 5. The van der Waals surface area contributed by atoms with Crippen LogP contribution in [0.2, 0.25) is 10.0 Å². The van der Waals surface area contributed by atoms with Crippen molar-refractivity contribution in [1.29, 1.82) is 0 Å². The molecule has 0 bridgehead atoms. The Hall–Kier alpha value is -1.85. The quantitative estimate of drug-likeness (QED) is 0.337. The maximum Gasteiger partial charge on any atom is 0.342 e. The molecular formula is C16H16Cl2O5. The zero-order valence-corrected chi connectivity index (χ0v) is 14.4. The summed E-state index contributed by atoms with van der Waals surface area (Å²) < 4.78 is 9.67. The molecule has 0 unspecified atom stereocenters. The molecule has 0 fully saturated rings. The highest BCUT2D eigenvalue weighted by Crippen LogP contribution is 2.27. The Balaban J connectivity index is 3.19. The van der Waals surface area contributed by atoms with E-state index < -0.39 is 30.4 Å². The Morgan fingerprint density at radius 2 is 1.87 bits per heavy atom. The number of ether oxygens (including phenoxy) is 2. The second-order valence-electron chi connectivity index (χ2n) is 4.86. The maximum atomic E-state index is 12.1. The minimum atomic E-state index is -0.826. The Bertz CT molecular complexity index is 650. The fourth-order valence-corrected chi connectivity index (χ4v) is 1.93. The fourth-order valence-electron chi connectivity index (χ4n) is 1.56. The first-order valence-corrected chi connectivity index (χ1v) is 7.51. The first kappa shape index (κ1) is 19.2. The van der Waals surface area contributed by atoms with Crippen molar-refractivity contribution in [3.05, 3.63) is 39.4 Å². The molecule has 0 aliphatic rings. The van der Waals surface area contributed by atoms with E-state index in [1.807, 2.05) is 0 Å². The van der Waals surface area contributed by atoms with Crippen molar-refractivity contribution in [2.45, 2.75) is 26.9 Å². The van der Waals surface area contributed by atoms with Crippen LogP contribution in [0, 0.1) is 0 Å². The highest BCUT2D eigenvalue weighted by Gasteiger charge is 2.22. The number of halogens is 2. The van der Waals surface area contributed by atoms with E-state index in [1.54, 1.807) is 32.0 Å². The minimum absolute atomic E-state index is 0.198. The summed E-state index contributed by atoms with van der Waals surface area (Å²) in [6.07, 6.45) is 0.854. The van der Waals surface area contributed by atoms with E-state index in [4.69, 9.17) is 27.9 Å². The van der Waals surface area contributed by atoms with Gasteiger partial charge in [-0.15, -0.1) is 0 Å². The van der Waals surface area contributed by atoms with E-state index in [9.17, 15) is 14.4 Å². The van der Waals surface area contributed by atoms with Crippen molar-refractivity contribution in [3.63, 3.8) is 0 Å². The van der Waals surface area contributed by atoms with Crippen LogP contribution in [0.3, 0.4) is 0 Å². The van der Waals surface area contributed by atoms with E-state index in [2.05, 4.69) is 4.74 Å². The van der Waals surface area contributed by atoms with Crippen LogP contribution in [0.15, 0.2) is 23.8 Å². The zero-order valence-electron chi connectivity index (χ0n) is 12.9. The number of benzene rings is 1. The Kier molecular flexibility index (Phi) is 7.26. The van der Waals surface area contributed by atoms with E-state index in [-0.39, 0.29) is 15.6 Å². The van der Waals surface area contributed by atoms with Gasteiger partial charge in [-0.1, -0.05) is 35.3 Å². The number of ketones is 1. The van der Waals surface area contributed by atoms with E-state index in [1.165, 1.54) is 6.08 Å². The number of carbonyl (C=O) groups excluding carboxylic acids is 3. The SMILES string of the molecule is CC(=O)OCC(=O)/C(=C/c1cccc(Cl)c1Cl)C(=O)OC(C)C. The largest absolute Gasteiger partial charge is 0.459 e. The average molecular weight is 359 g/mol. The summed E-state index contributed by atoms with van der Waals surface area (Å²) in [6.45, 7) is 3.90. The summed E-state index contributed by atoms with van der Waals surface area (Å²) in [5.74, 6) is -2.15. The predicted molar refractivity (Wildman–Crippen MR) is 87.3 cm³/mol. The van der Waals surface area contributed by atoms with Crippen molar-refractivity contribution in [1.82, 2.24) is 0 Å². The van der Waals surface area contributed by atoms with E-state index in [0.717, 1.165) is 6.92 Å². The van der Waals surface area contributed by atoms with Gasteiger partial charge in [-0.3, -0.25) is 9.59 Å². The number of carbonyl (C=O) groups is 3. The van der Waals surface area contributed by atoms with Gasteiger partial charge in [0, 0.05) is 6.92 Å². The molecule has 0 amide bonds. The molecule has 7 heteroatoms. The number of rotatable bonds is 6. The third-order valence-corrected chi connectivity index (χ3v) is 3.38. The van der Waals surface area contributed by atoms with Crippen LogP contribution in [0.4, 0.5) is 0 Å². The van der Waals surface area contributed by atoms with Crippen LogP contribution in [0.5, 0.6) is 0 Å². The van der Waals surface area contributed by atoms with Crippen molar-refractivity contribution >= 4 is 47.0 Å². The molecule has 0 aliphatic carbocycles. The summed E-state index contributed by atoms with van der Waals surface area (Å²) in [5.41, 5.74) is 0.107. The van der Waals surface area contributed by atoms with Gasteiger partial charge in [-0.05, 0) is 31.6 Å². The lowest BCUT2D eigenvalue weighted by Gasteiger charge is -2.11. The molecule has 5 nitrogen and oxygen atoms in total. The molecular weight excluding hydrogens is 343 g/mol. The number of hydrogen-bond donors (Lipinski definition) is 0. The fraction of sp³-hybridized carbons (Fsp3) is 0.312. The summed E-state index contributed by atoms with van der Waals surface area (Å²) >= 11 is 12.0. The second kappa shape index (κ2) is 8.70. The molecule has 0 radical (unpaired) electrons. The van der Waals surface area contributed by atoms with Gasteiger partial charge in [0.15, 0.2) is 6.61 Å². The van der Waals surface area contributed by atoms with Crippen LogP contribution in [-0.4, -0.2) is 30.4 Å². The lowest BCUT2D eigenvalue weighted by molar-refractivity contribution is -0.148. The summed E-state index contributed by atoms with van der Waals surface area (Å²) in [7, 11) is 0.